The number of fused-ring (bicyclic) bond motifs is 2. The van der Waals surface area contributed by atoms with Gasteiger partial charge in [0.2, 0.25) is 10.0 Å². The van der Waals surface area contributed by atoms with Gasteiger partial charge in [0.25, 0.3) is 5.91 Å². The zero-order chi connectivity index (χ0) is 23.0. The molecule has 6 rings (SSSR count). The van der Waals surface area contributed by atoms with Crippen LogP contribution in [-0.2, 0) is 15.6 Å². The fourth-order valence-corrected chi connectivity index (χ4v) is 6.08. The molecule has 0 bridgehead atoms. The summed E-state index contributed by atoms with van der Waals surface area (Å²) in [5, 5.41) is 3.10. The van der Waals surface area contributed by atoms with Crippen LogP contribution in [0.15, 0.2) is 59.6 Å². The first-order chi connectivity index (χ1) is 15.8. The summed E-state index contributed by atoms with van der Waals surface area (Å²) in [6.07, 6.45) is 5.44. The van der Waals surface area contributed by atoms with Gasteiger partial charge in [-0.1, -0.05) is 18.2 Å². The van der Waals surface area contributed by atoms with Crippen LogP contribution in [-0.4, -0.2) is 36.7 Å². The Balaban J connectivity index is 1.34. The molecule has 1 aliphatic heterocycles. The molecule has 0 unspecified atom stereocenters. The Morgan fingerprint density at radius 3 is 2.36 bits per heavy atom. The molecular formula is C25H24N4O3S. The van der Waals surface area contributed by atoms with E-state index in [-0.39, 0.29) is 22.4 Å². The van der Waals surface area contributed by atoms with Gasteiger partial charge in [-0.05, 0) is 72.7 Å². The standard InChI is InChI=1S/C25H24N4O3S/c1-29(18-5-6-18)33(31,32)19-7-2-15(3-8-19)17-12-21(23(26)27-14-17)16-4-9-20-22(13-16)25(10-11-25)28-24(20)30/h2-4,7-9,12-14,18H,5-6,10-11H2,1H3,(H2,26,27)(H,28,30). The third kappa shape index (κ3) is 3.24. The van der Waals surface area contributed by atoms with Crippen LogP contribution < -0.4 is 11.1 Å². The van der Waals surface area contributed by atoms with E-state index in [9.17, 15) is 13.2 Å². The summed E-state index contributed by atoms with van der Waals surface area (Å²) in [5.41, 5.74) is 11.2. The molecule has 3 aromatic rings. The Bertz CT molecular complexity index is 1410. The van der Waals surface area contributed by atoms with E-state index in [1.807, 2.05) is 24.3 Å². The number of amides is 1. The second-order valence-corrected chi connectivity index (χ2v) is 11.2. The average molecular weight is 461 g/mol. The molecule has 168 valence electrons. The predicted molar refractivity (Wildman–Crippen MR) is 126 cm³/mol. The first-order valence-electron chi connectivity index (χ1n) is 11.1. The van der Waals surface area contributed by atoms with Gasteiger partial charge in [0.1, 0.15) is 5.82 Å². The van der Waals surface area contributed by atoms with E-state index in [0.717, 1.165) is 59.1 Å². The number of nitrogen functional groups attached to an aromatic ring is 1. The monoisotopic (exact) mass is 460 g/mol. The lowest BCUT2D eigenvalue weighted by Gasteiger charge is -2.16. The van der Waals surface area contributed by atoms with Crippen molar-refractivity contribution in [1.29, 1.82) is 0 Å². The first-order valence-corrected chi connectivity index (χ1v) is 12.5. The molecule has 33 heavy (non-hydrogen) atoms. The second-order valence-electron chi connectivity index (χ2n) is 9.23. The lowest BCUT2D eigenvalue weighted by molar-refractivity contribution is 0.0952. The van der Waals surface area contributed by atoms with Crippen molar-refractivity contribution in [3.05, 3.63) is 65.9 Å². The summed E-state index contributed by atoms with van der Waals surface area (Å²) in [6.45, 7) is 0. The molecule has 3 aliphatic rings. The third-order valence-electron chi connectivity index (χ3n) is 7.04. The number of benzene rings is 2. The number of carbonyl (C=O) groups excluding carboxylic acids is 1. The van der Waals surface area contributed by atoms with Gasteiger partial charge in [0, 0.05) is 36.0 Å². The molecule has 2 aliphatic carbocycles. The zero-order valence-corrected chi connectivity index (χ0v) is 19.0. The number of aromatic nitrogens is 1. The maximum atomic E-state index is 12.8. The molecule has 3 N–H and O–H groups in total. The van der Waals surface area contributed by atoms with Crippen LogP contribution in [0.4, 0.5) is 5.82 Å². The molecule has 2 heterocycles. The number of pyridine rings is 1. The number of rotatable bonds is 5. The lowest BCUT2D eigenvalue weighted by atomic mass is 9.95. The van der Waals surface area contributed by atoms with Gasteiger partial charge < -0.3 is 11.1 Å². The highest BCUT2D eigenvalue weighted by Crippen LogP contribution is 2.51. The van der Waals surface area contributed by atoms with E-state index in [4.69, 9.17) is 5.73 Å². The molecule has 1 spiro atoms. The molecule has 8 heteroatoms. The molecule has 0 atom stereocenters. The van der Waals surface area contributed by atoms with Crippen LogP contribution in [0.1, 0.15) is 41.6 Å². The average Bonchev–Trinajstić information content (AvgIpc) is 3.74. The molecule has 2 saturated carbocycles. The van der Waals surface area contributed by atoms with Crippen molar-refractivity contribution in [3.63, 3.8) is 0 Å². The number of hydrogen-bond donors (Lipinski definition) is 2. The van der Waals surface area contributed by atoms with Crippen LogP contribution in [0, 0.1) is 0 Å². The highest BCUT2D eigenvalue weighted by molar-refractivity contribution is 7.89. The van der Waals surface area contributed by atoms with Gasteiger partial charge in [-0.3, -0.25) is 4.79 Å². The van der Waals surface area contributed by atoms with Gasteiger partial charge in [0.05, 0.1) is 10.4 Å². The van der Waals surface area contributed by atoms with Crippen molar-refractivity contribution in [2.75, 3.05) is 12.8 Å². The van der Waals surface area contributed by atoms with Crippen LogP contribution in [0.3, 0.4) is 0 Å². The lowest BCUT2D eigenvalue weighted by Crippen LogP contribution is -2.28. The van der Waals surface area contributed by atoms with Crippen LogP contribution >= 0.6 is 0 Å². The van der Waals surface area contributed by atoms with E-state index in [1.165, 1.54) is 4.31 Å². The van der Waals surface area contributed by atoms with E-state index in [1.54, 1.807) is 37.5 Å². The maximum absolute atomic E-state index is 12.8. The Kier molecular flexibility index (Phi) is 4.25. The minimum Gasteiger partial charge on any atom is -0.383 e. The van der Waals surface area contributed by atoms with Crippen molar-refractivity contribution >= 4 is 21.7 Å². The van der Waals surface area contributed by atoms with E-state index in [0.29, 0.717) is 5.82 Å². The predicted octanol–water partition coefficient (Wildman–Crippen LogP) is 3.51. The van der Waals surface area contributed by atoms with Crippen LogP contribution in [0.5, 0.6) is 0 Å². The number of carbonyl (C=O) groups is 1. The number of nitrogens with two attached hydrogens (primary N) is 1. The zero-order valence-electron chi connectivity index (χ0n) is 18.2. The van der Waals surface area contributed by atoms with E-state index >= 15 is 0 Å². The SMILES string of the molecule is CN(C1CC1)S(=O)(=O)c1ccc(-c2cnc(N)c(-c3ccc4c(c3)C3(CC3)NC4=O)c2)cc1. The topological polar surface area (TPSA) is 105 Å². The van der Waals surface area contributed by atoms with Crippen molar-refractivity contribution in [3.8, 4) is 22.3 Å². The summed E-state index contributed by atoms with van der Waals surface area (Å²) in [7, 11) is -1.84. The molecule has 0 saturated heterocycles. The number of nitrogens with one attached hydrogen (secondary N) is 1. The molecule has 1 aromatic heterocycles. The van der Waals surface area contributed by atoms with Crippen molar-refractivity contribution < 1.29 is 13.2 Å². The van der Waals surface area contributed by atoms with Gasteiger partial charge >= 0.3 is 0 Å². The fourth-order valence-electron chi connectivity index (χ4n) is 4.66. The van der Waals surface area contributed by atoms with Crippen LogP contribution in [0.2, 0.25) is 0 Å². The molecule has 0 radical (unpaired) electrons. The van der Waals surface area contributed by atoms with E-state index in [2.05, 4.69) is 10.3 Å². The Morgan fingerprint density at radius 2 is 1.70 bits per heavy atom. The number of sulfonamides is 1. The van der Waals surface area contributed by atoms with Crippen molar-refractivity contribution in [1.82, 2.24) is 14.6 Å². The Morgan fingerprint density at radius 1 is 1.00 bits per heavy atom. The Labute approximate surface area is 192 Å². The minimum absolute atomic E-state index is 0.0173. The summed E-state index contributed by atoms with van der Waals surface area (Å²) in [4.78, 5) is 16.9. The molecule has 2 aromatic carbocycles. The molecule has 7 nitrogen and oxygen atoms in total. The molecule has 1 amide bonds. The van der Waals surface area contributed by atoms with E-state index < -0.39 is 10.0 Å². The summed E-state index contributed by atoms with van der Waals surface area (Å²) in [5.74, 6) is 0.391. The van der Waals surface area contributed by atoms with Crippen molar-refractivity contribution in [2.45, 2.75) is 42.2 Å². The van der Waals surface area contributed by atoms with Gasteiger partial charge in [-0.25, -0.2) is 13.4 Å². The second kappa shape index (κ2) is 6.88. The molecule has 2 fully saturated rings. The minimum atomic E-state index is -3.48. The highest BCUT2D eigenvalue weighted by Gasteiger charge is 2.52. The summed E-state index contributed by atoms with van der Waals surface area (Å²) < 4.78 is 27.0. The Hall–Kier alpha value is -3.23. The number of hydrogen-bond acceptors (Lipinski definition) is 5. The largest absolute Gasteiger partial charge is 0.383 e. The number of anilines is 1. The smallest absolute Gasteiger partial charge is 0.252 e. The van der Waals surface area contributed by atoms with Gasteiger partial charge in [-0.15, -0.1) is 0 Å². The summed E-state index contributed by atoms with van der Waals surface area (Å²) >= 11 is 0. The van der Waals surface area contributed by atoms with Crippen molar-refractivity contribution in [2.24, 2.45) is 0 Å². The number of nitrogens with zero attached hydrogens (tertiary/aromatic N) is 2. The third-order valence-corrected chi connectivity index (χ3v) is 8.96. The highest BCUT2D eigenvalue weighted by atomic mass is 32.2. The summed E-state index contributed by atoms with van der Waals surface area (Å²) in [6, 6.07) is 14.8. The fraction of sp³-hybridized carbons (Fsp3) is 0.280. The molecular weight excluding hydrogens is 436 g/mol. The normalized spacial score (nSPS) is 18.4. The maximum Gasteiger partial charge on any atom is 0.252 e. The van der Waals surface area contributed by atoms with Gasteiger partial charge in [0.15, 0.2) is 0 Å². The quantitative estimate of drug-likeness (QED) is 0.606. The first kappa shape index (κ1) is 20.4. The van der Waals surface area contributed by atoms with Gasteiger partial charge in [-0.2, -0.15) is 4.31 Å². The van der Waals surface area contributed by atoms with Crippen LogP contribution in [0.25, 0.3) is 22.3 Å².